The fraction of sp³-hybridized carbons (Fsp3) is 0.200. The molecule has 1 aliphatic heterocycles. The first-order valence-corrected chi connectivity index (χ1v) is 9.80. The molecule has 1 amide bonds. The number of para-hydroxylation sites is 1. The number of carbonyl (C=O) groups excluding carboxylic acids is 1. The number of amides is 1. The highest BCUT2D eigenvalue weighted by Gasteiger charge is 2.31. The number of aryl methyl sites for hydroxylation is 2. The molecule has 0 spiro atoms. The lowest BCUT2D eigenvalue weighted by molar-refractivity contribution is -0.113. The van der Waals surface area contributed by atoms with Gasteiger partial charge >= 0.3 is 0 Å². The largest absolute Gasteiger partial charge is 0.310 e. The highest BCUT2D eigenvalue weighted by Crippen LogP contribution is 2.45. The predicted molar refractivity (Wildman–Crippen MR) is 107 cm³/mol. The topological polar surface area (TPSA) is 46.9 Å². The molecule has 26 heavy (non-hydrogen) atoms. The van der Waals surface area contributed by atoms with E-state index in [9.17, 15) is 4.79 Å². The molecule has 0 unspecified atom stereocenters. The number of thioether (sulfide) groups is 1. The van der Waals surface area contributed by atoms with Gasteiger partial charge in [0.15, 0.2) is 0 Å². The number of aromatic nitrogens is 2. The number of halogens is 1. The Morgan fingerprint density at radius 3 is 2.65 bits per heavy atom. The molecule has 0 saturated heterocycles. The van der Waals surface area contributed by atoms with Gasteiger partial charge in [0, 0.05) is 10.6 Å². The van der Waals surface area contributed by atoms with Crippen molar-refractivity contribution in [2.75, 3.05) is 11.1 Å². The van der Waals surface area contributed by atoms with E-state index < -0.39 is 0 Å². The molecule has 1 N–H and O–H groups in total. The van der Waals surface area contributed by atoms with E-state index >= 15 is 0 Å². The normalized spacial score (nSPS) is 16.7. The van der Waals surface area contributed by atoms with Gasteiger partial charge in [-0.1, -0.05) is 48.0 Å². The van der Waals surface area contributed by atoms with Gasteiger partial charge in [-0.3, -0.25) is 4.79 Å². The lowest BCUT2D eigenvalue weighted by Gasteiger charge is -2.17. The monoisotopic (exact) mass is 383 g/mol. The summed E-state index contributed by atoms with van der Waals surface area (Å²) in [7, 11) is 0. The molecule has 6 heteroatoms. The average molecular weight is 384 g/mol. The molecule has 4 rings (SSSR count). The molecule has 4 nitrogen and oxygen atoms in total. The van der Waals surface area contributed by atoms with Crippen LogP contribution in [0.1, 0.15) is 27.6 Å². The minimum absolute atomic E-state index is 0.0273. The molecule has 0 saturated carbocycles. The van der Waals surface area contributed by atoms with Crippen LogP contribution in [-0.4, -0.2) is 21.4 Å². The van der Waals surface area contributed by atoms with Gasteiger partial charge < -0.3 is 5.32 Å². The van der Waals surface area contributed by atoms with E-state index in [1.165, 1.54) is 0 Å². The highest BCUT2D eigenvalue weighted by atomic mass is 35.5. The summed E-state index contributed by atoms with van der Waals surface area (Å²) in [6, 6.07) is 15.8. The number of fused-ring (bicyclic) bond motifs is 1. The standard InChI is InChI=1S/C20H18ClN3OS/c1-12-7-3-6-10-16(12)24-20-18(13(2)23-24)19(26-11-17(25)22-20)14-8-4-5-9-15(14)21/h3-10,19H,11H2,1-2H3,(H,22,25)/t19-/m0/s1. The fourth-order valence-electron chi connectivity index (χ4n) is 3.29. The van der Waals surface area contributed by atoms with Crippen LogP contribution in [0.25, 0.3) is 5.69 Å². The molecule has 2 aromatic carbocycles. The minimum Gasteiger partial charge on any atom is -0.310 e. The average Bonchev–Trinajstić information content (AvgIpc) is 2.82. The highest BCUT2D eigenvalue weighted by molar-refractivity contribution is 8.00. The maximum absolute atomic E-state index is 12.4. The van der Waals surface area contributed by atoms with E-state index in [4.69, 9.17) is 16.7 Å². The molecule has 132 valence electrons. The zero-order chi connectivity index (χ0) is 18.3. The van der Waals surface area contributed by atoms with E-state index in [0.717, 1.165) is 33.9 Å². The lowest BCUT2D eigenvalue weighted by atomic mass is 10.0. The third-order valence-electron chi connectivity index (χ3n) is 4.54. The fourth-order valence-corrected chi connectivity index (χ4v) is 4.83. The van der Waals surface area contributed by atoms with Crippen molar-refractivity contribution in [2.45, 2.75) is 19.1 Å². The number of carbonyl (C=O) groups is 1. The van der Waals surface area contributed by atoms with Gasteiger partial charge in [0.05, 0.1) is 22.4 Å². The Morgan fingerprint density at radius 1 is 1.15 bits per heavy atom. The summed E-state index contributed by atoms with van der Waals surface area (Å²) in [5.41, 5.74) is 4.96. The molecule has 1 aromatic heterocycles. The Morgan fingerprint density at radius 2 is 1.88 bits per heavy atom. The Hall–Kier alpha value is -2.24. The zero-order valence-corrected chi connectivity index (χ0v) is 16.1. The first kappa shape index (κ1) is 17.2. The van der Waals surface area contributed by atoms with Gasteiger partial charge in [0.2, 0.25) is 5.91 Å². The Bertz CT molecular complexity index is 998. The summed E-state index contributed by atoms with van der Waals surface area (Å²) in [5, 5.41) is 8.46. The second-order valence-corrected chi connectivity index (χ2v) is 7.81. The van der Waals surface area contributed by atoms with E-state index in [0.29, 0.717) is 10.8 Å². The Kier molecular flexibility index (Phi) is 4.51. The van der Waals surface area contributed by atoms with Crippen molar-refractivity contribution in [3.8, 4) is 5.69 Å². The van der Waals surface area contributed by atoms with Crippen LogP contribution >= 0.6 is 23.4 Å². The van der Waals surface area contributed by atoms with Crippen molar-refractivity contribution < 1.29 is 4.79 Å². The van der Waals surface area contributed by atoms with Gasteiger partial charge in [-0.05, 0) is 37.1 Å². The summed E-state index contributed by atoms with van der Waals surface area (Å²) in [4.78, 5) is 12.4. The summed E-state index contributed by atoms with van der Waals surface area (Å²) in [6.07, 6.45) is 0. The minimum atomic E-state index is -0.0459. The molecule has 3 aromatic rings. The maximum atomic E-state index is 12.4. The first-order valence-electron chi connectivity index (χ1n) is 8.37. The third-order valence-corrected chi connectivity index (χ3v) is 6.14. The van der Waals surface area contributed by atoms with Crippen molar-refractivity contribution in [3.05, 3.63) is 75.9 Å². The summed E-state index contributed by atoms with van der Waals surface area (Å²) >= 11 is 8.05. The van der Waals surface area contributed by atoms with Crippen LogP contribution in [0.2, 0.25) is 5.02 Å². The molecule has 1 aliphatic rings. The SMILES string of the molecule is Cc1ccccc1-n1nc(C)c2c1NC(=O)CS[C@H]2c1ccccc1Cl. The number of rotatable bonds is 2. The molecule has 1 atom stereocenters. The predicted octanol–water partition coefficient (Wildman–Crippen LogP) is 4.92. The number of nitrogens with zero attached hydrogens (tertiary/aromatic N) is 2. The molecular weight excluding hydrogens is 366 g/mol. The van der Waals surface area contributed by atoms with Gasteiger partial charge in [0.1, 0.15) is 5.82 Å². The second kappa shape index (κ2) is 6.82. The van der Waals surface area contributed by atoms with Crippen LogP contribution in [-0.2, 0) is 4.79 Å². The van der Waals surface area contributed by atoms with Crippen LogP contribution in [0.15, 0.2) is 48.5 Å². The molecule has 2 heterocycles. The first-order chi connectivity index (χ1) is 12.6. The lowest BCUT2D eigenvalue weighted by Crippen LogP contribution is -2.16. The quantitative estimate of drug-likeness (QED) is 0.683. The van der Waals surface area contributed by atoms with Crippen molar-refractivity contribution in [1.29, 1.82) is 0 Å². The van der Waals surface area contributed by atoms with Crippen molar-refractivity contribution >= 4 is 35.1 Å². The smallest absolute Gasteiger partial charge is 0.235 e. The number of hydrogen-bond donors (Lipinski definition) is 1. The number of hydrogen-bond acceptors (Lipinski definition) is 3. The number of anilines is 1. The third kappa shape index (κ3) is 2.91. The van der Waals surface area contributed by atoms with Crippen LogP contribution in [0.4, 0.5) is 5.82 Å². The molecule has 0 radical (unpaired) electrons. The van der Waals surface area contributed by atoms with E-state index in [-0.39, 0.29) is 11.2 Å². The van der Waals surface area contributed by atoms with E-state index in [1.807, 2.05) is 67.1 Å². The van der Waals surface area contributed by atoms with Crippen molar-refractivity contribution in [1.82, 2.24) is 9.78 Å². The summed E-state index contributed by atoms with van der Waals surface area (Å²) < 4.78 is 1.84. The molecule has 0 bridgehead atoms. The van der Waals surface area contributed by atoms with Crippen LogP contribution in [0, 0.1) is 13.8 Å². The number of nitrogens with one attached hydrogen (secondary N) is 1. The van der Waals surface area contributed by atoms with Gasteiger partial charge in [-0.2, -0.15) is 5.10 Å². The van der Waals surface area contributed by atoms with Crippen LogP contribution in [0.3, 0.4) is 0 Å². The Labute approximate surface area is 161 Å². The summed E-state index contributed by atoms with van der Waals surface area (Å²) in [6.45, 7) is 4.02. The molecular formula is C20H18ClN3OS. The van der Waals surface area contributed by atoms with E-state index in [2.05, 4.69) is 5.32 Å². The van der Waals surface area contributed by atoms with Crippen molar-refractivity contribution in [3.63, 3.8) is 0 Å². The molecule has 0 fully saturated rings. The Balaban J connectivity index is 1.94. The second-order valence-electron chi connectivity index (χ2n) is 6.31. The maximum Gasteiger partial charge on any atom is 0.235 e. The molecule has 0 aliphatic carbocycles. The van der Waals surface area contributed by atoms with Crippen LogP contribution in [0.5, 0.6) is 0 Å². The van der Waals surface area contributed by atoms with Gasteiger partial charge in [0.25, 0.3) is 0 Å². The van der Waals surface area contributed by atoms with Gasteiger partial charge in [-0.15, -0.1) is 11.8 Å². The van der Waals surface area contributed by atoms with Crippen molar-refractivity contribution in [2.24, 2.45) is 0 Å². The van der Waals surface area contributed by atoms with Gasteiger partial charge in [-0.25, -0.2) is 4.68 Å². The summed E-state index contributed by atoms with van der Waals surface area (Å²) in [5.74, 6) is 1.08. The van der Waals surface area contributed by atoms with E-state index in [1.54, 1.807) is 11.8 Å². The number of benzene rings is 2. The van der Waals surface area contributed by atoms with Crippen LogP contribution < -0.4 is 5.32 Å². The zero-order valence-electron chi connectivity index (χ0n) is 14.5.